The smallest absolute Gasteiger partial charge is 0.336 e. The van der Waals surface area contributed by atoms with Crippen molar-refractivity contribution in [3.8, 4) is 11.8 Å². The lowest BCUT2D eigenvalue weighted by molar-refractivity contribution is 0.510. The van der Waals surface area contributed by atoms with Crippen molar-refractivity contribution in [2.24, 2.45) is 0 Å². The van der Waals surface area contributed by atoms with Gasteiger partial charge in [-0.25, -0.2) is 4.79 Å². The van der Waals surface area contributed by atoms with E-state index >= 15 is 0 Å². The Labute approximate surface area is 77.6 Å². The first-order valence-corrected chi connectivity index (χ1v) is 4.40. The Bertz CT molecular complexity index is 365. The van der Waals surface area contributed by atoms with Crippen molar-refractivity contribution in [2.75, 3.05) is 0 Å². The van der Waals surface area contributed by atoms with Gasteiger partial charge < -0.3 is 4.42 Å². The van der Waals surface area contributed by atoms with E-state index in [4.69, 9.17) is 0 Å². The minimum Gasteiger partial charge on any atom is -0.431 e. The number of unbranched alkanes of at least 4 members (excludes halogenated alkanes) is 2. The Kier molecular flexibility index (Phi) is 3.84. The van der Waals surface area contributed by atoms with E-state index < -0.39 is 0 Å². The number of rotatable bonds is 2. The van der Waals surface area contributed by atoms with Crippen LogP contribution >= 0.6 is 0 Å². The molecule has 1 aromatic heterocycles. The van der Waals surface area contributed by atoms with E-state index in [1.807, 2.05) is 0 Å². The maximum atomic E-state index is 10.7. The molecule has 0 radical (unpaired) electrons. The highest BCUT2D eigenvalue weighted by atomic mass is 16.4. The normalized spacial score (nSPS) is 9.00. The molecule has 2 nitrogen and oxygen atoms in total. The molecule has 0 bridgehead atoms. The van der Waals surface area contributed by atoms with Gasteiger partial charge in [0.05, 0.1) is 6.26 Å². The molecule has 1 heterocycles. The summed E-state index contributed by atoms with van der Waals surface area (Å²) in [5.74, 6) is 5.91. The van der Waals surface area contributed by atoms with E-state index in [9.17, 15) is 4.79 Å². The number of hydrogen-bond acceptors (Lipinski definition) is 2. The van der Waals surface area contributed by atoms with Gasteiger partial charge in [0, 0.05) is 18.1 Å². The predicted octanol–water partition coefficient (Wildman–Crippen LogP) is 2.18. The second-order valence-electron chi connectivity index (χ2n) is 2.74. The summed E-state index contributed by atoms with van der Waals surface area (Å²) in [7, 11) is 0. The molecule has 0 atom stereocenters. The first-order chi connectivity index (χ1) is 6.33. The van der Waals surface area contributed by atoms with Gasteiger partial charge in [-0.05, 0) is 12.5 Å². The van der Waals surface area contributed by atoms with E-state index in [1.165, 1.54) is 12.3 Å². The van der Waals surface area contributed by atoms with Gasteiger partial charge in [-0.2, -0.15) is 0 Å². The third kappa shape index (κ3) is 3.62. The van der Waals surface area contributed by atoms with Crippen LogP contribution in [0.5, 0.6) is 0 Å². The molecule has 0 aromatic carbocycles. The molecule has 2 heteroatoms. The molecule has 0 amide bonds. The summed E-state index contributed by atoms with van der Waals surface area (Å²) in [4.78, 5) is 10.7. The fraction of sp³-hybridized carbons (Fsp3) is 0.364. The standard InChI is InChI=1S/C11H12O2/c1-2-3-4-5-6-10-7-8-13-11(12)9-10/h7-9H,2-4H2,1H3. The van der Waals surface area contributed by atoms with Crippen molar-refractivity contribution < 1.29 is 4.42 Å². The van der Waals surface area contributed by atoms with Crippen molar-refractivity contribution in [3.63, 3.8) is 0 Å². The summed E-state index contributed by atoms with van der Waals surface area (Å²) in [6.07, 6.45) is 4.50. The summed E-state index contributed by atoms with van der Waals surface area (Å²) >= 11 is 0. The predicted molar refractivity (Wildman–Crippen MR) is 51.4 cm³/mol. The van der Waals surface area contributed by atoms with Crippen LogP contribution in [0.4, 0.5) is 0 Å². The molecule has 13 heavy (non-hydrogen) atoms. The van der Waals surface area contributed by atoms with Gasteiger partial charge in [0.25, 0.3) is 0 Å². The minimum atomic E-state index is -0.345. The van der Waals surface area contributed by atoms with Crippen molar-refractivity contribution in [1.29, 1.82) is 0 Å². The summed E-state index contributed by atoms with van der Waals surface area (Å²) < 4.78 is 4.57. The highest BCUT2D eigenvalue weighted by Gasteiger charge is 1.87. The fourth-order valence-corrected chi connectivity index (χ4v) is 0.891. The zero-order chi connectivity index (χ0) is 9.52. The largest absolute Gasteiger partial charge is 0.431 e. The fourth-order valence-electron chi connectivity index (χ4n) is 0.891. The zero-order valence-corrected chi connectivity index (χ0v) is 7.67. The van der Waals surface area contributed by atoms with E-state index in [1.54, 1.807) is 6.07 Å². The van der Waals surface area contributed by atoms with Crippen LogP contribution in [0.25, 0.3) is 0 Å². The van der Waals surface area contributed by atoms with Gasteiger partial charge in [-0.15, -0.1) is 0 Å². The molecule has 0 unspecified atom stereocenters. The minimum absolute atomic E-state index is 0.345. The first-order valence-electron chi connectivity index (χ1n) is 4.40. The van der Waals surface area contributed by atoms with Gasteiger partial charge in [0.1, 0.15) is 0 Å². The SMILES string of the molecule is CCCCC#Cc1ccoc(=O)c1. The molecule has 0 saturated carbocycles. The summed E-state index contributed by atoms with van der Waals surface area (Å²) in [6.45, 7) is 2.12. The third-order valence-corrected chi connectivity index (χ3v) is 1.59. The van der Waals surface area contributed by atoms with Crippen LogP contribution in [-0.4, -0.2) is 0 Å². The van der Waals surface area contributed by atoms with E-state index in [2.05, 4.69) is 23.2 Å². The molecule has 0 aliphatic heterocycles. The van der Waals surface area contributed by atoms with E-state index in [-0.39, 0.29) is 5.63 Å². The average molecular weight is 176 g/mol. The van der Waals surface area contributed by atoms with Gasteiger partial charge in [0.2, 0.25) is 0 Å². The van der Waals surface area contributed by atoms with Crippen molar-refractivity contribution in [2.45, 2.75) is 26.2 Å². The summed E-state index contributed by atoms with van der Waals surface area (Å²) in [5.41, 5.74) is 0.384. The Morgan fingerprint density at radius 3 is 3.08 bits per heavy atom. The summed E-state index contributed by atoms with van der Waals surface area (Å²) in [6, 6.07) is 3.10. The second kappa shape index (κ2) is 5.21. The lowest BCUT2D eigenvalue weighted by Gasteiger charge is -1.86. The maximum absolute atomic E-state index is 10.7. The third-order valence-electron chi connectivity index (χ3n) is 1.59. The average Bonchev–Trinajstić information content (AvgIpc) is 2.13. The topological polar surface area (TPSA) is 30.2 Å². The molecule has 0 fully saturated rings. The molecule has 68 valence electrons. The van der Waals surface area contributed by atoms with Gasteiger partial charge in [-0.3, -0.25) is 0 Å². The van der Waals surface area contributed by atoms with Crippen LogP contribution in [0.3, 0.4) is 0 Å². The quantitative estimate of drug-likeness (QED) is 0.510. The Hall–Kier alpha value is -1.49. The molecule has 0 aliphatic carbocycles. The van der Waals surface area contributed by atoms with Crippen LogP contribution in [0, 0.1) is 11.8 Å². The van der Waals surface area contributed by atoms with E-state index in [0.717, 1.165) is 24.8 Å². The van der Waals surface area contributed by atoms with Crippen LogP contribution in [0.2, 0.25) is 0 Å². The molecular weight excluding hydrogens is 164 g/mol. The van der Waals surface area contributed by atoms with Crippen LogP contribution in [-0.2, 0) is 0 Å². The first kappa shape index (κ1) is 9.60. The monoisotopic (exact) mass is 176 g/mol. The zero-order valence-electron chi connectivity index (χ0n) is 7.67. The molecule has 1 aromatic rings. The van der Waals surface area contributed by atoms with Crippen molar-refractivity contribution >= 4 is 0 Å². The number of hydrogen-bond donors (Lipinski definition) is 0. The lowest BCUT2D eigenvalue weighted by atomic mass is 10.2. The van der Waals surface area contributed by atoms with Gasteiger partial charge >= 0.3 is 5.63 Å². The highest BCUT2D eigenvalue weighted by molar-refractivity contribution is 5.31. The molecule has 0 saturated heterocycles. The molecule has 1 rings (SSSR count). The molecular formula is C11H12O2. The Morgan fingerprint density at radius 2 is 2.38 bits per heavy atom. The molecule has 0 N–H and O–H groups in total. The van der Waals surface area contributed by atoms with E-state index in [0.29, 0.717) is 0 Å². The van der Waals surface area contributed by atoms with Crippen molar-refractivity contribution in [1.82, 2.24) is 0 Å². The lowest BCUT2D eigenvalue weighted by Crippen LogP contribution is -1.94. The Balaban J connectivity index is 2.61. The maximum Gasteiger partial charge on any atom is 0.336 e. The second-order valence-corrected chi connectivity index (χ2v) is 2.74. The van der Waals surface area contributed by atoms with Crippen LogP contribution < -0.4 is 5.63 Å². The Morgan fingerprint density at radius 1 is 1.54 bits per heavy atom. The molecule has 0 spiro atoms. The van der Waals surface area contributed by atoms with Gasteiger partial charge in [-0.1, -0.05) is 25.2 Å². The molecule has 0 aliphatic rings. The highest BCUT2D eigenvalue weighted by Crippen LogP contribution is 1.94. The van der Waals surface area contributed by atoms with Crippen LogP contribution in [0.15, 0.2) is 27.6 Å². The summed E-state index contributed by atoms with van der Waals surface area (Å²) in [5, 5.41) is 0. The van der Waals surface area contributed by atoms with Crippen LogP contribution in [0.1, 0.15) is 31.7 Å². The van der Waals surface area contributed by atoms with Crippen molar-refractivity contribution in [3.05, 3.63) is 34.4 Å². The van der Waals surface area contributed by atoms with Gasteiger partial charge in [0.15, 0.2) is 0 Å².